The Balaban J connectivity index is 1.49. The SMILES string of the molecule is NC(=O)c1cnc(NC2CCN(CC3CCOC3)CC2)c(Cl)c1. The standard InChI is InChI=1S/C16H23ClN4O2/c17-14-7-12(15(18)22)8-19-16(14)20-13-1-4-21(5-2-13)9-11-3-6-23-10-11/h7-8,11,13H,1-6,9-10H2,(H2,18,22)(H,19,20). The lowest BCUT2D eigenvalue weighted by atomic mass is 10.0. The molecular formula is C16H23ClN4O2. The zero-order valence-corrected chi connectivity index (χ0v) is 13.9. The van der Waals surface area contributed by atoms with Gasteiger partial charge in [-0.15, -0.1) is 0 Å². The number of anilines is 1. The largest absolute Gasteiger partial charge is 0.381 e. The van der Waals surface area contributed by atoms with Crippen LogP contribution in [0.4, 0.5) is 5.82 Å². The number of primary amides is 1. The summed E-state index contributed by atoms with van der Waals surface area (Å²) in [7, 11) is 0. The number of amides is 1. The molecule has 0 spiro atoms. The fourth-order valence-corrected chi connectivity index (χ4v) is 3.45. The number of nitrogens with one attached hydrogen (secondary N) is 1. The second-order valence-electron chi connectivity index (χ2n) is 6.37. The van der Waals surface area contributed by atoms with E-state index >= 15 is 0 Å². The summed E-state index contributed by atoms with van der Waals surface area (Å²) >= 11 is 6.18. The normalized spacial score (nSPS) is 23.1. The van der Waals surface area contributed by atoms with E-state index in [4.69, 9.17) is 22.1 Å². The van der Waals surface area contributed by atoms with Gasteiger partial charge in [-0.05, 0) is 31.2 Å². The zero-order chi connectivity index (χ0) is 16.2. The summed E-state index contributed by atoms with van der Waals surface area (Å²) in [5.74, 6) is 0.798. The molecular weight excluding hydrogens is 316 g/mol. The second kappa shape index (κ2) is 7.47. The van der Waals surface area contributed by atoms with E-state index in [9.17, 15) is 4.79 Å². The molecule has 2 fully saturated rings. The molecule has 1 aromatic heterocycles. The highest BCUT2D eigenvalue weighted by atomic mass is 35.5. The number of hydrogen-bond donors (Lipinski definition) is 2. The first-order valence-electron chi connectivity index (χ1n) is 8.14. The third-order valence-corrected chi connectivity index (χ3v) is 4.88. The van der Waals surface area contributed by atoms with Gasteiger partial charge in [-0.25, -0.2) is 4.98 Å². The van der Waals surface area contributed by atoms with E-state index in [1.165, 1.54) is 12.6 Å². The number of likely N-dealkylation sites (tertiary alicyclic amines) is 1. The van der Waals surface area contributed by atoms with Crippen molar-refractivity contribution in [2.24, 2.45) is 11.7 Å². The molecule has 6 nitrogen and oxygen atoms in total. The van der Waals surface area contributed by atoms with Crippen LogP contribution in [0.25, 0.3) is 0 Å². The molecule has 1 unspecified atom stereocenters. The number of carbonyl (C=O) groups excluding carboxylic acids is 1. The van der Waals surface area contributed by atoms with Crippen molar-refractivity contribution < 1.29 is 9.53 Å². The number of carbonyl (C=O) groups is 1. The minimum atomic E-state index is -0.518. The molecule has 0 saturated carbocycles. The number of hydrogen-bond acceptors (Lipinski definition) is 5. The lowest BCUT2D eigenvalue weighted by Crippen LogP contribution is -2.41. The zero-order valence-electron chi connectivity index (χ0n) is 13.1. The maximum absolute atomic E-state index is 11.1. The summed E-state index contributed by atoms with van der Waals surface area (Å²) in [5.41, 5.74) is 5.55. The van der Waals surface area contributed by atoms with Crippen molar-refractivity contribution in [3.63, 3.8) is 0 Å². The van der Waals surface area contributed by atoms with Gasteiger partial charge in [-0.1, -0.05) is 11.6 Å². The van der Waals surface area contributed by atoms with Gasteiger partial charge in [-0.2, -0.15) is 0 Å². The van der Waals surface area contributed by atoms with E-state index in [1.54, 1.807) is 6.07 Å². The van der Waals surface area contributed by atoms with Gasteiger partial charge >= 0.3 is 0 Å². The second-order valence-corrected chi connectivity index (χ2v) is 6.77. The first kappa shape index (κ1) is 16.5. The van der Waals surface area contributed by atoms with Crippen molar-refractivity contribution in [3.8, 4) is 0 Å². The highest BCUT2D eigenvalue weighted by Gasteiger charge is 2.24. The number of aromatic nitrogens is 1. The lowest BCUT2D eigenvalue weighted by Gasteiger charge is -2.33. The van der Waals surface area contributed by atoms with Gasteiger partial charge in [-0.3, -0.25) is 4.79 Å². The van der Waals surface area contributed by atoms with E-state index < -0.39 is 5.91 Å². The fourth-order valence-electron chi connectivity index (χ4n) is 3.22. The van der Waals surface area contributed by atoms with Crippen LogP contribution in [0.3, 0.4) is 0 Å². The van der Waals surface area contributed by atoms with Crippen molar-refractivity contribution >= 4 is 23.3 Å². The van der Waals surface area contributed by atoms with Crippen molar-refractivity contribution in [1.29, 1.82) is 0 Å². The summed E-state index contributed by atoms with van der Waals surface area (Å²) in [6, 6.07) is 1.92. The molecule has 126 valence electrons. The molecule has 3 heterocycles. The van der Waals surface area contributed by atoms with Crippen LogP contribution in [0, 0.1) is 5.92 Å². The van der Waals surface area contributed by atoms with Crippen LogP contribution < -0.4 is 11.1 Å². The summed E-state index contributed by atoms with van der Waals surface area (Å²) in [6.45, 7) is 5.10. The Hall–Kier alpha value is -1.37. The van der Waals surface area contributed by atoms with Gasteiger partial charge in [0.15, 0.2) is 0 Å². The van der Waals surface area contributed by atoms with Crippen molar-refractivity contribution in [3.05, 3.63) is 22.8 Å². The predicted octanol–water partition coefficient (Wildman–Crippen LogP) is 1.75. The number of pyridine rings is 1. The van der Waals surface area contributed by atoms with Crippen LogP contribution in [-0.4, -0.2) is 54.7 Å². The van der Waals surface area contributed by atoms with Gasteiger partial charge in [0.1, 0.15) is 5.82 Å². The Morgan fingerprint density at radius 1 is 1.43 bits per heavy atom. The van der Waals surface area contributed by atoms with E-state index in [-0.39, 0.29) is 0 Å². The Labute approximate surface area is 141 Å². The van der Waals surface area contributed by atoms with Crippen molar-refractivity contribution in [2.75, 3.05) is 38.2 Å². The minimum absolute atomic E-state index is 0.328. The van der Waals surface area contributed by atoms with Crippen molar-refractivity contribution in [2.45, 2.75) is 25.3 Å². The number of nitrogens with two attached hydrogens (primary N) is 1. The topological polar surface area (TPSA) is 80.5 Å². The first-order chi connectivity index (χ1) is 11.1. The van der Waals surface area contributed by atoms with Crippen LogP contribution in [0.2, 0.25) is 5.02 Å². The molecule has 0 aliphatic carbocycles. The number of ether oxygens (including phenoxy) is 1. The molecule has 7 heteroatoms. The summed E-state index contributed by atoms with van der Waals surface area (Å²) in [5, 5.41) is 3.82. The number of rotatable bonds is 5. The predicted molar refractivity (Wildman–Crippen MR) is 89.8 cm³/mol. The smallest absolute Gasteiger partial charge is 0.250 e. The molecule has 3 N–H and O–H groups in total. The molecule has 2 aliphatic rings. The first-order valence-corrected chi connectivity index (χ1v) is 8.51. The molecule has 0 aromatic carbocycles. The Kier molecular flexibility index (Phi) is 5.35. The Morgan fingerprint density at radius 2 is 2.22 bits per heavy atom. The van der Waals surface area contributed by atoms with Gasteiger partial charge < -0.3 is 20.7 Å². The molecule has 3 rings (SSSR count). The monoisotopic (exact) mass is 338 g/mol. The third-order valence-electron chi connectivity index (χ3n) is 4.59. The number of halogens is 1. The fraction of sp³-hybridized carbons (Fsp3) is 0.625. The van der Waals surface area contributed by atoms with Crippen LogP contribution in [0.15, 0.2) is 12.3 Å². The average Bonchev–Trinajstić information content (AvgIpc) is 3.04. The Morgan fingerprint density at radius 3 is 2.83 bits per heavy atom. The molecule has 0 radical (unpaired) electrons. The van der Waals surface area contributed by atoms with Gasteiger partial charge in [0.2, 0.25) is 5.91 Å². The average molecular weight is 339 g/mol. The summed E-state index contributed by atoms with van der Waals surface area (Å²) in [6.07, 6.45) is 4.77. The summed E-state index contributed by atoms with van der Waals surface area (Å²) < 4.78 is 5.44. The maximum Gasteiger partial charge on any atom is 0.250 e. The van der Waals surface area contributed by atoms with Crippen molar-refractivity contribution in [1.82, 2.24) is 9.88 Å². The van der Waals surface area contributed by atoms with Gasteiger partial charge in [0.05, 0.1) is 17.2 Å². The van der Waals surface area contributed by atoms with E-state index in [2.05, 4.69) is 15.2 Å². The quantitative estimate of drug-likeness (QED) is 0.855. The van der Waals surface area contributed by atoms with E-state index in [0.29, 0.717) is 28.4 Å². The number of piperidine rings is 1. The highest BCUT2D eigenvalue weighted by molar-refractivity contribution is 6.33. The van der Waals surface area contributed by atoms with E-state index in [0.717, 1.165) is 45.7 Å². The number of nitrogens with zero attached hydrogens (tertiary/aromatic N) is 2. The summed E-state index contributed by atoms with van der Waals surface area (Å²) in [4.78, 5) is 17.9. The maximum atomic E-state index is 11.1. The van der Waals surface area contributed by atoms with Gasteiger partial charge in [0.25, 0.3) is 0 Å². The molecule has 1 amide bonds. The van der Waals surface area contributed by atoms with Crippen LogP contribution in [0.5, 0.6) is 0 Å². The lowest BCUT2D eigenvalue weighted by molar-refractivity contribution is 0.1000. The van der Waals surface area contributed by atoms with Crippen LogP contribution in [0.1, 0.15) is 29.6 Å². The van der Waals surface area contributed by atoms with Gasteiger partial charge in [0, 0.05) is 38.5 Å². The highest BCUT2D eigenvalue weighted by Crippen LogP contribution is 2.24. The molecule has 0 bridgehead atoms. The van der Waals surface area contributed by atoms with E-state index in [1.807, 2.05) is 0 Å². The molecule has 2 saturated heterocycles. The Bertz CT molecular complexity index is 555. The minimum Gasteiger partial charge on any atom is -0.381 e. The molecule has 23 heavy (non-hydrogen) atoms. The van der Waals surface area contributed by atoms with Crippen LogP contribution >= 0.6 is 11.6 Å². The molecule has 1 atom stereocenters. The third kappa shape index (κ3) is 4.34. The molecule has 1 aromatic rings. The van der Waals surface area contributed by atoms with Crippen LogP contribution in [-0.2, 0) is 4.74 Å². The molecule has 2 aliphatic heterocycles.